The molecule has 3 heteroatoms. The number of carbonyl (C=O) groups excluding carboxylic acids is 1. The molecule has 0 fully saturated rings. The second-order valence-corrected chi connectivity index (χ2v) is 7.92. The van der Waals surface area contributed by atoms with Crippen LogP contribution in [0.3, 0.4) is 0 Å². The van der Waals surface area contributed by atoms with Gasteiger partial charge in [-0.15, -0.1) is 0 Å². The molecule has 0 aliphatic heterocycles. The Hall–Kier alpha value is -3.85. The Kier molecular flexibility index (Phi) is 6.37. The van der Waals surface area contributed by atoms with Gasteiger partial charge < -0.3 is 9.84 Å². The SMILES string of the molecule is C/C=C(/C)C1C=CC(C(=O)c2ccc(Oc3ccc(-c4ccc(O)cc4)cc3)cc2)=CC1. The zero-order chi connectivity index (χ0) is 22.5. The Bertz CT molecular complexity index is 1180. The molecule has 1 N–H and O–H groups in total. The summed E-state index contributed by atoms with van der Waals surface area (Å²) in [4.78, 5) is 12.8. The lowest BCUT2D eigenvalue weighted by Crippen LogP contribution is -2.08. The largest absolute Gasteiger partial charge is 0.508 e. The van der Waals surface area contributed by atoms with E-state index in [2.05, 4.69) is 19.1 Å². The minimum absolute atomic E-state index is 0.0302. The van der Waals surface area contributed by atoms with Crippen LogP contribution in [-0.4, -0.2) is 10.9 Å². The fourth-order valence-electron chi connectivity index (χ4n) is 3.69. The van der Waals surface area contributed by atoms with E-state index >= 15 is 0 Å². The van der Waals surface area contributed by atoms with Crippen LogP contribution in [-0.2, 0) is 0 Å². The van der Waals surface area contributed by atoms with E-state index in [9.17, 15) is 9.90 Å². The molecular weight excluding hydrogens is 396 g/mol. The second-order valence-electron chi connectivity index (χ2n) is 7.92. The van der Waals surface area contributed by atoms with Crippen LogP contribution in [0.15, 0.2) is 108 Å². The van der Waals surface area contributed by atoms with Gasteiger partial charge in [-0.25, -0.2) is 0 Å². The molecule has 1 unspecified atom stereocenters. The molecule has 1 aliphatic carbocycles. The minimum atomic E-state index is 0.0302. The van der Waals surface area contributed by atoms with Gasteiger partial charge in [0.2, 0.25) is 0 Å². The fourth-order valence-corrected chi connectivity index (χ4v) is 3.69. The summed E-state index contributed by atoms with van der Waals surface area (Å²) in [5.74, 6) is 2.06. The molecule has 160 valence electrons. The van der Waals surface area contributed by atoms with E-state index in [0.717, 1.165) is 28.9 Å². The van der Waals surface area contributed by atoms with E-state index in [1.165, 1.54) is 5.57 Å². The van der Waals surface area contributed by atoms with Crippen LogP contribution in [0.5, 0.6) is 17.2 Å². The number of phenolic OH excluding ortho intramolecular Hbond substituents is 1. The van der Waals surface area contributed by atoms with Crippen LogP contribution in [0.1, 0.15) is 30.6 Å². The van der Waals surface area contributed by atoms with E-state index in [4.69, 9.17) is 4.74 Å². The van der Waals surface area contributed by atoms with Gasteiger partial charge in [0.1, 0.15) is 17.2 Å². The van der Waals surface area contributed by atoms with Gasteiger partial charge in [0.15, 0.2) is 5.78 Å². The van der Waals surface area contributed by atoms with Crippen LogP contribution in [0, 0.1) is 5.92 Å². The average Bonchev–Trinajstić information content (AvgIpc) is 2.85. The molecule has 0 saturated heterocycles. The number of benzene rings is 3. The lowest BCUT2D eigenvalue weighted by molar-refractivity contribution is 0.103. The number of aromatic hydroxyl groups is 1. The zero-order valence-electron chi connectivity index (χ0n) is 18.3. The van der Waals surface area contributed by atoms with E-state index in [1.54, 1.807) is 24.3 Å². The predicted octanol–water partition coefficient (Wildman–Crippen LogP) is 7.50. The fraction of sp³-hybridized carbons (Fsp3) is 0.138. The van der Waals surface area contributed by atoms with Crippen LogP contribution in [0.4, 0.5) is 0 Å². The molecule has 3 nitrogen and oxygen atoms in total. The molecule has 0 radical (unpaired) electrons. The summed E-state index contributed by atoms with van der Waals surface area (Å²) in [5, 5.41) is 9.43. The van der Waals surface area contributed by atoms with Gasteiger partial charge in [0.05, 0.1) is 0 Å². The standard InChI is InChI=1S/C29H26O3/c1-3-20(2)21-4-6-24(7-5-21)29(31)25-12-18-28(19-13-25)32-27-16-10-23(11-17-27)22-8-14-26(30)15-9-22/h3-4,6-19,21,30H,5H2,1-2H3/b20-3-. The van der Waals surface area contributed by atoms with Gasteiger partial charge in [0, 0.05) is 17.1 Å². The maximum absolute atomic E-state index is 12.8. The molecule has 0 saturated carbocycles. The normalized spacial score (nSPS) is 15.9. The summed E-state index contributed by atoms with van der Waals surface area (Å²) in [6, 6.07) is 22.1. The molecule has 3 aromatic carbocycles. The molecule has 32 heavy (non-hydrogen) atoms. The summed E-state index contributed by atoms with van der Waals surface area (Å²) >= 11 is 0. The molecule has 4 rings (SSSR count). The van der Waals surface area contributed by atoms with Crippen molar-refractivity contribution in [2.75, 3.05) is 0 Å². The average molecular weight is 423 g/mol. The number of carbonyl (C=O) groups is 1. The van der Waals surface area contributed by atoms with Crippen molar-refractivity contribution in [3.63, 3.8) is 0 Å². The van der Waals surface area contributed by atoms with Crippen molar-refractivity contribution in [3.8, 4) is 28.4 Å². The third-order valence-corrected chi connectivity index (χ3v) is 5.81. The first-order chi connectivity index (χ1) is 15.5. The Labute approximate surface area is 189 Å². The highest BCUT2D eigenvalue weighted by molar-refractivity contribution is 6.10. The second kappa shape index (κ2) is 9.52. The number of Topliss-reactive ketones (excluding diaryl/α,β-unsaturated/α-hetero) is 1. The van der Waals surface area contributed by atoms with E-state index in [-0.39, 0.29) is 11.5 Å². The molecule has 0 spiro atoms. The highest BCUT2D eigenvalue weighted by atomic mass is 16.5. The minimum Gasteiger partial charge on any atom is -0.508 e. The number of phenols is 1. The van der Waals surface area contributed by atoms with Gasteiger partial charge in [-0.1, -0.05) is 54.1 Å². The molecular formula is C29H26O3. The Morgan fingerprint density at radius 2 is 1.47 bits per heavy atom. The number of hydrogen-bond donors (Lipinski definition) is 1. The lowest BCUT2D eigenvalue weighted by atomic mass is 9.88. The van der Waals surface area contributed by atoms with Crippen molar-refractivity contribution in [1.29, 1.82) is 0 Å². The first kappa shape index (κ1) is 21.4. The van der Waals surface area contributed by atoms with Crippen molar-refractivity contribution in [2.24, 2.45) is 5.92 Å². The van der Waals surface area contributed by atoms with Gasteiger partial charge in [0.25, 0.3) is 0 Å². The topological polar surface area (TPSA) is 46.5 Å². The quantitative estimate of drug-likeness (QED) is 0.330. The van der Waals surface area contributed by atoms with Crippen LogP contribution in [0.2, 0.25) is 0 Å². The first-order valence-electron chi connectivity index (χ1n) is 10.8. The summed E-state index contributed by atoms with van der Waals surface area (Å²) in [7, 11) is 0. The Morgan fingerprint density at radius 1 is 0.906 bits per heavy atom. The van der Waals surface area contributed by atoms with Crippen molar-refractivity contribution < 1.29 is 14.6 Å². The lowest BCUT2D eigenvalue weighted by Gasteiger charge is -2.16. The first-order valence-corrected chi connectivity index (χ1v) is 10.8. The van der Waals surface area contributed by atoms with E-state index in [1.807, 2.05) is 67.6 Å². The third-order valence-electron chi connectivity index (χ3n) is 5.81. The number of ketones is 1. The highest BCUT2D eigenvalue weighted by Gasteiger charge is 2.16. The Balaban J connectivity index is 1.40. The molecule has 0 amide bonds. The molecule has 1 aliphatic rings. The summed E-state index contributed by atoms with van der Waals surface area (Å²) in [6.45, 7) is 4.16. The van der Waals surface area contributed by atoms with Crippen LogP contribution < -0.4 is 4.74 Å². The molecule has 1 atom stereocenters. The summed E-state index contributed by atoms with van der Waals surface area (Å²) in [5.41, 5.74) is 4.77. The van der Waals surface area contributed by atoms with Gasteiger partial charge in [-0.2, -0.15) is 0 Å². The van der Waals surface area contributed by atoms with Gasteiger partial charge >= 0.3 is 0 Å². The number of rotatable bonds is 6. The molecule has 0 heterocycles. The summed E-state index contributed by atoms with van der Waals surface area (Å²) in [6.07, 6.45) is 9.05. The molecule has 3 aromatic rings. The Morgan fingerprint density at radius 3 is 2.00 bits per heavy atom. The van der Waals surface area contributed by atoms with Crippen LogP contribution >= 0.6 is 0 Å². The highest BCUT2D eigenvalue weighted by Crippen LogP contribution is 2.28. The predicted molar refractivity (Wildman–Crippen MR) is 129 cm³/mol. The number of hydrogen-bond acceptors (Lipinski definition) is 3. The van der Waals surface area contributed by atoms with E-state index < -0.39 is 0 Å². The maximum atomic E-state index is 12.8. The van der Waals surface area contributed by atoms with Crippen molar-refractivity contribution >= 4 is 5.78 Å². The molecule has 0 bridgehead atoms. The molecule has 0 aromatic heterocycles. The van der Waals surface area contributed by atoms with Crippen molar-refractivity contribution in [2.45, 2.75) is 20.3 Å². The maximum Gasteiger partial charge on any atom is 0.192 e. The summed E-state index contributed by atoms with van der Waals surface area (Å²) < 4.78 is 5.94. The number of allylic oxidation sites excluding steroid dienone is 6. The van der Waals surface area contributed by atoms with Crippen molar-refractivity contribution in [3.05, 3.63) is 114 Å². The van der Waals surface area contributed by atoms with Gasteiger partial charge in [-0.3, -0.25) is 4.79 Å². The van der Waals surface area contributed by atoms with Gasteiger partial charge in [-0.05, 0) is 79.9 Å². The van der Waals surface area contributed by atoms with Crippen LogP contribution in [0.25, 0.3) is 11.1 Å². The number of ether oxygens (including phenoxy) is 1. The zero-order valence-corrected chi connectivity index (χ0v) is 18.3. The smallest absolute Gasteiger partial charge is 0.192 e. The third kappa shape index (κ3) is 4.89. The van der Waals surface area contributed by atoms with Crippen molar-refractivity contribution in [1.82, 2.24) is 0 Å². The van der Waals surface area contributed by atoms with E-state index in [0.29, 0.717) is 17.2 Å². The monoisotopic (exact) mass is 422 g/mol.